The largest absolute Gasteiger partial charge is 0.405 e. The molecule has 11 nitrogen and oxygen atoms in total. The molecule has 1 aliphatic heterocycles. The molecule has 1 aliphatic rings. The molecule has 0 spiro atoms. The van der Waals surface area contributed by atoms with Crippen LogP contribution in [0.15, 0.2) is 48.9 Å². The first kappa shape index (κ1) is 29.1. The van der Waals surface area contributed by atoms with Crippen molar-refractivity contribution in [1.82, 2.24) is 30.1 Å². The van der Waals surface area contributed by atoms with Gasteiger partial charge in [0.2, 0.25) is 5.91 Å². The van der Waals surface area contributed by atoms with Crippen LogP contribution >= 0.6 is 0 Å². The van der Waals surface area contributed by atoms with E-state index in [9.17, 15) is 22.8 Å². The lowest BCUT2D eigenvalue weighted by Crippen LogP contribution is -2.46. The van der Waals surface area contributed by atoms with E-state index < -0.39 is 24.8 Å². The monoisotopic (exact) mass is 567 g/mol. The normalized spacial score (nSPS) is 15.2. The third-order valence-corrected chi connectivity index (χ3v) is 6.56. The molecule has 1 aromatic carbocycles. The van der Waals surface area contributed by atoms with Crippen LogP contribution in [0.2, 0.25) is 0 Å². The van der Waals surface area contributed by atoms with Crippen molar-refractivity contribution in [2.75, 3.05) is 25.0 Å². The molecule has 1 unspecified atom stereocenters. The lowest BCUT2D eigenvalue weighted by Gasteiger charge is -2.31. The Bertz CT molecular complexity index is 1500. The summed E-state index contributed by atoms with van der Waals surface area (Å²) in [5.74, 6) is -0.0981. The number of nitriles is 1. The van der Waals surface area contributed by atoms with Crippen LogP contribution in [0.4, 0.5) is 23.7 Å². The van der Waals surface area contributed by atoms with Gasteiger partial charge in [0.15, 0.2) is 5.65 Å². The molecule has 1 saturated heterocycles. The van der Waals surface area contributed by atoms with E-state index >= 15 is 0 Å². The Labute approximate surface area is 233 Å². The van der Waals surface area contributed by atoms with Gasteiger partial charge in [-0.15, -0.1) is 0 Å². The van der Waals surface area contributed by atoms with Gasteiger partial charge in [-0.2, -0.15) is 23.5 Å². The summed E-state index contributed by atoms with van der Waals surface area (Å²) in [6.07, 6.45) is 2.63. The fraction of sp³-hybridized carbons (Fsp3) is 0.333. The van der Waals surface area contributed by atoms with Crippen LogP contribution in [0.5, 0.6) is 0 Å². The molecule has 1 fully saturated rings. The Kier molecular flexibility index (Phi) is 8.86. The molecule has 0 bridgehead atoms. The fourth-order valence-corrected chi connectivity index (χ4v) is 4.34. The van der Waals surface area contributed by atoms with E-state index in [0.717, 1.165) is 6.21 Å². The number of nitrogens with zero attached hydrogens (tertiary/aromatic N) is 5. The van der Waals surface area contributed by atoms with E-state index in [-0.39, 0.29) is 17.5 Å². The van der Waals surface area contributed by atoms with Gasteiger partial charge in [-0.05, 0) is 38.0 Å². The van der Waals surface area contributed by atoms with E-state index in [2.05, 4.69) is 26.8 Å². The molecule has 0 saturated carbocycles. The minimum absolute atomic E-state index is 0.0175. The second-order valence-electron chi connectivity index (χ2n) is 9.52. The minimum Gasteiger partial charge on any atom is -0.379 e. The van der Waals surface area contributed by atoms with Crippen molar-refractivity contribution in [2.24, 2.45) is 5.92 Å². The Morgan fingerprint density at radius 3 is 2.68 bits per heavy atom. The number of fused-ring (bicyclic) bond motifs is 1. The summed E-state index contributed by atoms with van der Waals surface area (Å²) in [7, 11) is 0. The molecule has 0 aliphatic carbocycles. The standard InChI is InChI=1S/C27H28F3N9O2/c1-17(25(40)38-7-5-18(11-31)6-8-38)33-13-21(12-32)20-10-24-34-15-23(39(24)36-14-20)19-3-2-4-22(9-19)37-26(41)35-16-27(28,29)30/h2-4,9-10,12-15,17-18,32-33H,5-8,16H2,1H3,(H2,35,37,41)/b21-13+,32-12?. The van der Waals surface area contributed by atoms with Gasteiger partial charge in [-0.1, -0.05) is 12.1 Å². The number of hydrogen-bond acceptors (Lipinski definition) is 7. The highest BCUT2D eigenvalue weighted by molar-refractivity contribution is 6.08. The van der Waals surface area contributed by atoms with Gasteiger partial charge in [-0.25, -0.2) is 14.3 Å². The highest BCUT2D eigenvalue weighted by Gasteiger charge is 2.28. The Hall–Kier alpha value is -4.93. The maximum Gasteiger partial charge on any atom is 0.405 e. The summed E-state index contributed by atoms with van der Waals surface area (Å²) in [5.41, 5.74) is 3.00. The number of amides is 3. The topological polar surface area (TPSA) is 151 Å². The van der Waals surface area contributed by atoms with Crippen LogP contribution in [-0.4, -0.2) is 69.5 Å². The SMILES string of the molecule is CC(N/C=C(\C=N)c1cnn2c(-c3cccc(NC(=O)NCC(F)(F)F)c3)cnc2c1)C(=O)N1CCC(C#N)CC1. The zero-order chi connectivity index (χ0) is 29.6. The number of benzene rings is 1. The molecule has 214 valence electrons. The first-order chi connectivity index (χ1) is 19.6. The predicted molar refractivity (Wildman–Crippen MR) is 146 cm³/mol. The van der Waals surface area contributed by atoms with Crippen molar-refractivity contribution in [2.45, 2.75) is 32.0 Å². The Balaban J connectivity index is 1.45. The number of carbonyl (C=O) groups excluding carboxylic acids is 2. The van der Waals surface area contributed by atoms with Gasteiger partial charge in [0.1, 0.15) is 12.6 Å². The number of imidazole rings is 1. The van der Waals surface area contributed by atoms with Crippen molar-refractivity contribution >= 4 is 35.1 Å². The van der Waals surface area contributed by atoms with Crippen molar-refractivity contribution < 1.29 is 22.8 Å². The number of piperidine rings is 1. The van der Waals surface area contributed by atoms with Gasteiger partial charge < -0.3 is 26.3 Å². The fourth-order valence-electron chi connectivity index (χ4n) is 4.34. The summed E-state index contributed by atoms with van der Waals surface area (Å²) in [6.45, 7) is 1.37. The van der Waals surface area contributed by atoms with Crippen molar-refractivity contribution in [1.29, 1.82) is 10.7 Å². The average molecular weight is 568 g/mol. The van der Waals surface area contributed by atoms with Crippen LogP contribution in [0, 0.1) is 22.7 Å². The summed E-state index contributed by atoms with van der Waals surface area (Å²) >= 11 is 0. The highest BCUT2D eigenvalue weighted by Crippen LogP contribution is 2.24. The quantitative estimate of drug-likeness (QED) is 0.304. The molecule has 0 radical (unpaired) electrons. The van der Waals surface area contributed by atoms with Crippen LogP contribution < -0.4 is 16.0 Å². The van der Waals surface area contributed by atoms with Gasteiger partial charge in [0, 0.05) is 53.8 Å². The lowest BCUT2D eigenvalue weighted by molar-refractivity contribution is -0.134. The number of rotatable bonds is 8. The zero-order valence-corrected chi connectivity index (χ0v) is 22.1. The van der Waals surface area contributed by atoms with Crippen LogP contribution in [0.3, 0.4) is 0 Å². The highest BCUT2D eigenvalue weighted by atomic mass is 19.4. The molecule has 14 heteroatoms. The molecule has 4 rings (SSSR count). The number of anilines is 1. The third kappa shape index (κ3) is 7.38. The average Bonchev–Trinajstić information content (AvgIpc) is 3.39. The van der Waals surface area contributed by atoms with Gasteiger partial charge in [0.05, 0.1) is 24.2 Å². The number of hydrogen-bond donors (Lipinski definition) is 4. The molecule has 41 heavy (non-hydrogen) atoms. The smallest absolute Gasteiger partial charge is 0.379 e. The maximum atomic E-state index is 12.8. The van der Waals surface area contributed by atoms with Crippen LogP contribution in [0.25, 0.3) is 22.5 Å². The number of nitrogens with one attached hydrogen (secondary N) is 4. The number of alkyl halides is 3. The zero-order valence-electron chi connectivity index (χ0n) is 22.1. The van der Waals surface area contributed by atoms with Crippen LogP contribution in [0.1, 0.15) is 25.3 Å². The molecule has 3 aromatic rings. The molecule has 3 heterocycles. The molecule has 2 aromatic heterocycles. The number of urea groups is 1. The van der Waals surface area contributed by atoms with E-state index in [1.54, 1.807) is 70.6 Å². The maximum absolute atomic E-state index is 12.8. The third-order valence-electron chi connectivity index (χ3n) is 6.56. The van der Waals surface area contributed by atoms with E-state index in [1.807, 2.05) is 0 Å². The molecular formula is C27H28F3N9O2. The molecule has 3 amide bonds. The second-order valence-corrected chi connectivity index (χ2v) is 9.52. The summed E-state index contributed by atoms with van der Waals surface area (Å²) in [6, 6.07) is 8.96. The van der Waals surface area contributed by atoms with E-state index in [1.165, 1.54) is 0 Å². The first-order valence-electron chi connectivity index (χ1n) is 12.8. The molecule has 1 atom stereocenters. The Morgan fingerprint density at radius 1 is 1.24 bits per heavy atom. The number of likely N-dealkylation sites (tertiary alicyclic amines) is 1. The number of halogens is 3. The van der Waals surface area contributed by atoms with Crippen molar-refractivity contribution in [3.05, 3.63) is 54.5 Å². The lowest BCUT2D eigenvalue weighted by atomic mass is 9.98. The number of allylic oxidation sites excluding steroid dienone is 1. The minimum atomic E-state index is -4.52. The van der Waals surface area contributed by atoms with Gasteiger partial charge in [0.25, 0.3) is 0 Å². The number of aromatic nitrogens is 3. The van der Waals surface area contributed by atoms with Crippen molar-refractivity contribution in [3.63, 3.8) is 0 Å². The van der Waals surface area contributed by atoms with E-state index in [0.29, 0.717) is 54.0 Å². The van der Waals surface area contributed by atoms with Crippen molar-refractivity contribution in [3.8, 4) is 17.3 Å². The summed E-state index contributed by atoms with van der Waals surface area (Å²) in [4.78, 5) is 30.7. The summed E-state index contributed by atoms with van der Waals surface area (Å²) < 4.78 is 38.6. The van der Waals surface area contributed by atoms with Gasteiger partial charge >= 0.3 is 12.2 Å². The van der Waals surface area contributed by atoms with Crippen LogP contribution in [-0.2, 0) is 4.79 Å². The summed E-state index contributed by atoms with van der Waals surface area (Å²) in [5, 5.41) is 28.5. The van der Waals surface area contributed by atoms with Gasteiger partial charge in [-0.3, -0.25) is 4.79 Å². The molecule has 4 N–H and O–H groups in total. The number of carbonyl (C=O) groups is 2. The second kappa shape index (κ2) is 12.5. The predicted octanol–water partition coefficient (Wildman–Crippen LogP) is 3.81. The van der Waals surface area contributed by atoms with E-state index in [4.69, 9.17) is 10.7 Å². The Morgan fingerprint density at radius 2 is 2.00 bits per heavy atom. The molecular weight excluding hydrogens is 539 g/mol. The first-order valence-corrected chi connectivity index (χ1v) is 12.8.